The zero-order valence-electron chi connectivity index (χ0n) is 14.8. The number of unbranched alkanes of at least 4 members (excludes halogenated alkanes) is 5. The van der Waals surface area contributed by atoms with Gasteiger partial charge in [-0.2, -0.15) is 8.42 Å². The lowest BCUT2D eigenvalue weighted by molar-refractivity contribution is 0.269. The highest BCUT2D eigenvalue weighted by Gasteiger charge is 2.01. The smallest absolute Gasteiger partial charge is 0.264 e. The molecule has 0 heterocycles. The Labute approximate surface area is 146 Å². The Bertz CT molecular complexity index is 525. The summed E-state index contributed by atoms with van der Waals surface area (Å²) in [6, 6.07) is 7.60. The molecule has 0 bridgehead atoms. The van der Waals surface area contributed by atoms with Gasteiger partial charge in [-0.3, -0.25) is 4.18 Å². The topological polar surface area (TPSA) is 61.8 Å². The second kappa shape index (κ2) is 12.1. The van der Waals surface area contributed by atoms with E-state index in [1.54, 1.807) is 0 Å². The minimum absolute atomic E-state index is 0.202. The van der Waals surface area contributed by atoms with E-state index in [1.165, 1.54) is 25.7 Å². The van der Waals surface area contributed by atoms with E-state index in [0.717, 1.165) is 37.2 Å². The van der Waals surface area contributed by atoms with E-state index >= 15 is 0 Å². The number of rotatable bonds is 14. The fourth-order valence-electron chi connectivity index (χ4n) is 2.13. The summed E-state index contributed by atoms with van der Waals surface area (Å²) in [4.78, 5) is 0. The standard InChI is InChI=1S/C18H30O5S/c1-3-4-5-6-7-14-21-17-10-12-18(13-11-17)22-15-8-9-16-23-24(2,19)20/h10-13H,3-9,14-16H2,1-2H3. The third-order valence-corrected chi connectivity index (χ3v) is 4.04. The van der Waals surface area contributed by atoms with Crippen LogP contribution in [-0.2, 0) is 14.3 Å². The first-order valence-corrected chi connectivity index (χ1v) is 10.5. The summed E-state index contributed by atoms with van der Waals surface area (Å²) in [5.74, 6) is 1.65. The van der Waals surface area contributed by atoms with E-state index in [0.29, 0.717) is 13.0 Å². The normalized spacial score (nSPS) is 11.4. The van der Waals surface area contributed by atoms with Gasteiger partial charge in [0.05, 0.1) is 26.1 Å². The predicted octanol–water partition coefficient (Wildman–Crippen LogP) is 4.17. The zero-order chi connectivity index (χ0) is 17.7. The molecular weight excluding hydrogens is 328 g/mol. The highest BCUT2D eigenvalue weighted by molar-refractivity contribution is 7.85. The molecule has 0 atom stereocenters. The van der Waals surface area contributed by atoms with E-state index < -0.39 is 10.1 Å². The molecule has 0 saturated heterocycles. The molecule has 6 heteroatoms. The highest BCUT2D eigenvalue weighted by Crippen LogP contribution is 2.18. The molecule has 0 N–H and O–H groups in total. The van der Waals surface area contributed by atoms with E-state index in [2.05, 4.69) is 11.1 Å². The number of ether oxygens (including phenoxy) is 2. The van der Waals surface area contributed by atoms with Crippen LogP contribution in [0.15, 0.2) is 24.3 Å². The van der Waals surface area contributed by atoms with Crippen molar-refractivity contribution in [2.24, 2.45) is 0 Å². The summed E-state index contributed by atoms with van der Waals surface area (Å²) in [7, 11) is -3.34. The van der Waals surface area contributed by atoms with Gasteiger partial charge in [-0.25, -0.2) is 0 Å². The van der Waals surface area contributed by atoms with Crippen molar-refractivity contribution in [1.29, 1.82) is 0 Å². The van der Waals surface area contributed by atoms with Gasteiger partial charge in [0.2, 0.25) is 0 Å². The maximum Gasteiger partial charge on any atom is 0.264 e. The third kappa shape index (κ3) is 11.3. The molecule has 0 amide bonds. The zero-order valence-corrected chi connectivity index (χ0v) is 15.6. The van der Waals surface area contributed by atoms with Crippen LogP contribution in [0.4, 0.5) is 0 Å². The van der Waals surface area contributed by atoms with E-state index in [9.17, 15) is 8.42 Å². The molecule has 1 aromatic carbocycles. The van der Waals surface area contributed by atoms with Crippen molar-refractivity contribution in [3.63, 3.8) is 0 Å². The monoisotopic (exact) mass is 358 g/mol. The van der Waals surface area contributed by atoms with Gasteiger partial charge in [-0.15, -0.1) is 0 Å². The number of hydrogen-bond acceptors (Lipinski definition) is 5. The minimum atomic E-state index is -3.34. The molecule has 5 nitrogen and oxygen atoms in total. The van der Waals surface area contributed by atoms with Crippen LogP contribution in [-0.4, -0.2) is 34.5 Å². The van der Waals surface area contributed by atoms with Crippen LogP contribution in [0.25, 0.3) is 0 Å². The minimum Gasteiger partial charge on any atom is -0.494 e. The second-order valence-corrected chi connectivity index (χ2v) is 7.46. The average molecular weight is 358 g/mol. The van der Waals surface area contributed by atoms with E-state index in [-0.39, 0.29) is 6.61 Å². The first-order chi connectivity index (χ1) is 11.5. The molecule has 0 unspecified atom stereocenters. The van der Waals surface area contributed by atoms with Crippen molar-refractivity contribution in [2.45, 2.75) is 51.9 Å². The van der Waals surface area contributed by atoms with Gasteiger partial charge in [0.1, 0.15) is 11.5 Å². The van der Waals surface area contributed by atoms with Gasteiger partial charge >= 0.3 is 0 Å². The molecule has 0 fully saturated rings. The Morgan fingerprint density at radius 1 is 0.750 bits per heavy atom. The Morgan fingerprint density at radius 2 is 1.21 bits per heavy atom. The molecule has 0 radical (unpaired) electrons. The number of benzene rings is 1. The largest absolute Gasteiger partial charge is 0.494 e. The van der Waals surface area contributed by atoms with Crippen molar-refractivity contribution < 1.29 is 22.1 Å². The summed E-state index contributed by atoms with van der Waals surface area (Å²) in [6.45, 7) is 3.70. The molecule has 0 saturated carbocycles. The molecule has 0 aliphatic carbocycles. The summed E-state index contributed by atoms with van der Waals surface area (Å²) >= 11 is 0. The lowest BCUT2D eigenvalue weighted by atomic mass is 10.2. The van der Waals surface area contributed by atoms with Gasteiger partial charge in [-0.05, 0) is 43.5 Å². The van der Waals surface area contributed by atoms with Gasteiger partial charge in [-0.1, -0.05) is 32.6 Å². The lowest BCUT2D eigenvalue weighted by Crippen LogP contribution is -2.06. The molecule has 0 spiro atoms. The van der Waals surface area contributed by atoms with Crippen LogP contribution in [0.3, 0.4) is 0 Å². The molecule has 138 valence electrons. The predicted molar refractivity (Wildman–Crippen MR) is 96.2 cm³/mol. The maximum absolute atomic E-state index is 10.8. The molecule has 0 aliphatic heterocycles. The molecule has 1 aromatic rings. The van der Waals surface area contributed by atoms with Crippen LogP contribution in [0.1, 0.15) is 51.9 Å². The first-order valence-electron chi connectivity index (χ1n) is 8.71. The molecule has 0 aliphatic rings. The third-order valence-electron chi connectivity index (χ3n) is 3.45. The highest BCUT2D eigenvalue weighted by atomic mass is 32.2. The van der Waals surface area contributed by atoms with E-state index in [4.69, 9.17) is 9.47 Å². The Morgan fingerprint density at radius 3 is 1.71 bits per heavy atom. The van der Waals surface area contributed by atoms with Gasteiger partial charge in [0.25, 0.3) is 10.1 Å². The fourth-order valence-corrected chi connectivity index (χ4v) is 2.55. The Hall–Kier alpha value is -1.27. The van der Waals surface area contributed by atoms with Crippen molar-refractivity contribution in [3.05, 3.63) is 24.3 Å². The van der Waals surface area contributed by atoms with E-state index in [1.807, 2.05) is 24.3 Å². The van der Waals surface area contributed by atoms with Crippen molar-refractivity contribution in [2.75, 3.05) is 26.1 Å². The van der Waals surface area contributed by atoms with Crippen molar-refractivity contribution in [3.8, 4) is 11.5 Å². The summed E-state index contributed by atoms with van der Waals surface area (Å²) in [5.41, 5.74) is 0. The van der Waals surface area contributed by atoms with Gasteiger partial charge < -0.3 is 9.47 Å². The van der Waals surface area contributed by atoms with Crippen LogP contribution < -0.4 is 9.47 Å². The SMILES string of the molecule is CCCCCCCOc1ccc(OCCCCOS(C)(=O)=O)cc1. The molecule has 24 heavy (non-hydrogen) atoms. The van der Waals surface area contributed by atoms with Gasteiger partial charge in [0.15, 0.2) is 0 Å². The van der Waals surface area contributed by atoms with Crippen LogP contribution in [0.5, 0.6) is 11.5 Å². The average Bonchev–Trinajstić information content (AvgIpc) is 2.54. The lowest BCUT2D eigenvalue weighted by Gasteiger charge is -2.09. The van der Waals surface area contributed by atoms with Gasteiger partial charge in [0, 0.05) is 0 Å². The summed E-state index contributed by atoms with van der Waals surface area (Å²) in [6.07, 6.45) is 8.59. The number of hydrogen-bond donors (Lipinski definition) is 0. The summed E-state index contributed by atoms with van der Waals surface area (Å²) in [5, 5.41) is 0. The summed E-state index contributed by atoms with van der Waals surface area (Å²) < 4.78 is 37.6. The van der Waals surface area contributed by atoms with Crippen LogP contribution >= 0.6 is 0 Å². The Kier molecular flexibility index (Phi) is 10.5. The molecule has 1 rings (SSSR count). The first kappa shape index (κ1) is 20.8. The quantitative estimate of drug-likeness (QED) is 0.369. The van der Waals surface area contributed by atoms with Crippen molar-refractivity contribution >= 4 is 10.1 Å². The Balaban J connectivity index is 2.09. The second-order valence-electron chi connectivity index (χ2n) is 5.82. The molecule has 0 aromatic heterocycles. The van der Waals surface area contributed by atoms with Crippen molar-refractivity contribution in [1.82, 2.24) is 0 Å². The van der Waals surface area contributed by atoms with Crippen LogP contribution in [0, 0.1) is 0 Å². The van der Waals surface area contributed by atoms with Crippen LogP contribution in [0.2, 0.25) is 0 Å². The maximum atomic E-state index is 10.8. The molecular formula is C18H30O5S. The fraction of sp³-hybridized carbons (Fsp3) is 0.667.